The molecule has 228 valence electrons. The van der Waals surface area contributed by atoms with Crippen LogP contribution in [0.15, 0.2) is 173 Å². The van der Waals surface area contributed by atoms with E-state index in [1.165, 1.54) is 43.7 Å². The van der Waals surface area contributed by atoms with E-state index in [1.54, 1.807) is 0 Å². The number of fused-ring (bicyclic) bond motifs is 10. The van der Waals surface area contributed by atoms with Gasteiger partial charge in [-0.25, -0.2) is 0 Å². The van der Waals surface area contributed by atoms with Crippen molar-refractivity contribution < 1.29 is 8.83 Å². The van der Waals surface area contributed by atoms with E-state index in [-0.39, 0.29) is 0 Å². The third-order valence-electron chi connectivity index (χ3n) is 10.2. The molecule has 0 aliphatic heterocycles. The predicted octanol–water partition coefficient (Wildman–Crippen LogP) is 13.1. The maximum absolute atomic E-state index is 6.75. The molecule has 0 amide bonds. The minimum atomic E-state index is 0.853. The summed E-state index contributed by atoms with van der Waals surface area (Å²) in [4.78, 5) is 0. The van der Waals surface area contributed by atoms with Gasteiger partial charge in [0.25, 0.3) is 0 Å². The number of hydrogen-bond donors (Lipinski definition) is 0. The summed E-state index contributed by atoms with van der Waals surface area (Å²) in [5.74, 6) is 0.855. The van der Waals surface area contributed by atoms with Crippen LogP contribution in [0.25, 0.3) is 104 Å². The fourth-order valence-electron chi connectivity index (χ4n) is 8.15. The molecule has 0 unspecified atom stereocenters. The van der Waals surface area contributed by atoms with Crippen LogP contribution >= 0.6 is 0 Å². The van der Waals surface area contributed by atoms with Crippen LogP contribution in [0, 0.1) is 0 Å². The zero-order valence-electron chi connectivity index (χ0n) is 26.4. The first-order valence-electron chi connectivity index (χ1n) is 16.7. The molecule has 0 fully saturated rings. The lowest BCUT2D eigenvalue weighted by atomic mass is 9.87. The minimum absolute atomic E-state index is 0.853. The normalized spacial score (nSPS) is 12.1. The molecule has 3 nitrogen and oxygen atoms in total. The van der Waals surface area contributed by atoms with Crippen molar-refractivity contribution in [2.24, 2.45) is 0 Å². The molecule has 0 bridgehead atoms. The standard InChI is InChI=1S/C46H27NO2/c1-2-12-29(13-3-1)47-38-20-10-8-14-30(38)36-26-28(22-23-39(36)47)44-31-15-4-6-17-33(31)45(34-18-7-5-16-32(34)44)43-27-37-41(49-43)24-25-42-46(37)35-19-9-11-21-40(35)48-42/h1-27H. The van der Waals surface area contributed by atoms with Crippen molar-refractivity contribution >= 4 is 76.3 Å². The van der Waals surface area contributed by atoms with Crippen LogP contribution in [0.1, 0.15) is 0 Å². The first kappa shape index (κ1) is 26.5. The van der Waals surface area contributed by atoms with Crippen LogP contribution < -0.4 is 0 Å². The molecule has 49 heavy (non-hydrogen) atoms. The highest BCUT2D eigenvalue weighted by Gasteiger charge is 2.22. The van der Waals surface area contributed by atoms with E-state index in [0.717, 1.165) is 60.7 Å². The highest BCUT2D eigenvalue weighted by molar-refractivity contribution is 6.24. The lowest BCUT2D eigenvalue weighted by molar-refractivity contribution is 0.632. The Morgan fingerprint density at radius 3 is 1.67 bits per heavy atom. The molecule has 11 rings (SSSR count). The second-order valence-electron chi connectivity index (χ2n) is 12.8. The van der Waals surface area contributed by atoms with Gasteiger partial charge in [-0.05, 0) is 87.3 Å². The van der Waals surface area contributed by atoms with Gasteiger partial charge in [0.1, 0.15) is 22.5 Å². The van der Waals surface area contributed by atoms with Crippen molar-refractivity contribution in [1.29, 1.82) is 0 Å². The molecular formula is C46H27NO2. The largest absolute Gasteiger partial charge is 0.456 e. The fraction of sp³-hybridized carbons (Fsp3) is 0. The molecule has 0 atom stereocenters. The predicted molar refractivity (Wildman–Crippen MR) is 204 cm³/mol. The average Bonchev–Trinajstić information content (AvgIpc) is 3.85. The van der Waals surface area contributed by atoms with Crippen molar-refractivity contribution in [3.8, 4) is 28.1 Å². The zero-order chi connectivity index (χ0) is 32.1. The summed E-state index contributed by atoms with van der Waals surface area (Å²) in [5, 5.41) is 10.5. The molecule has 11 aromatic rings. The van der Waals surface area contributed by atoms with Gasteiger partial charge in [0.05, 0.1) is 11.0 Å². The molecule has 3 aromatic heterocycles. The summed E-state index contributed by atoms with van der Waals surface area (Å²) >= 11 is 0. The summed E-state index contributed by atoms with van der Waals surface area (Å²) in [7, 11) is 0. The third kappa shape index (κ3) is 3.73. The summed E-state index contributed by atoms with van der Waals surface area (Å²) in [6.07, 6.45) is 0. The van der Waals surface area contributed by atoms with Gasteiger partial charge in [0, 0.05) is 38.2 Å². The Labute approximate surface area is 280 Å². The Kier molecular flexibility index (Phi) is 5.38. The number of nitrogens with zero attached hydrogens (tertiary/aromatic N) is 1. The summed E-state index contributed by atoms with van der Waals surface area (Å²) in [6, 6.07) is 58.3. The fourth-order valence-corrected chi connectivity index (χ4v) is 8.15. The monoisotopic (exact) mass is 625 g/mol. The molecule has 0 saturated heterocycles. The van der Waals surface area contributed by atoms with Crippen molar-refractivity contribution in [1.82, 2.24) is 4.57 Å². The average molecular weight is 626 g/mol. The van der Waals surface area contributed by atoms with Gasteiger partial charge in [0.15, 0.2) is 0 Å². The smallest absolute Gasteiger partial charge is 0.136 e. The van der Waals surface area contributed by atoms with E-state index < -0.39 is 0 Å². The minimum Gasteiger partial charge on any atom is -0.456 e. The zero-order valence-corrected chi connectivity index (χ0v) is 26.4. The van der Waals surface area contributed by atoms with E-state index in [2.05, 4.69) is 144 Å². The summed E-state index contributed by atoms with van der Waals surface area (Å²) in [6.45, 7) is 0. The van der Waals surface area contributed by atoms with Crippen LogP contribution in [-0.2, 0) is 0 Å². The molecule has 3 heterocycles. The molecule has 0 radical (unpaired) electrons. The third-order valence-corrected chi connectivity index (χ3v) is 10.2. The van der Waals surface area contributed by atoms with Gasteiger partial charge in [-0.15, -0.1) is 0 Å². The topological polar surface area (TPSA) is 31.2 Å². The maximum Gasteiger partial charge on any atom is 0.136 e. The Morgan fingerprint density at radius 1 is 0.347 bits per heavy atom. The molecule has 8 aromatic carbocycles. The quantitative estimate of drug-likeness (QED) is 0.183. The van der Waals surface area contributed by atoms with E-state index in [9.17, 15) is 0 Å². The second-order valence-corrected chi connectivity index (χ2v) is 12.8. The van der Waals surface area contributed by atoms with Crippen LogP contribution in [-0.4, -0.2) is 4.57 Å². The van der Waals surface area contributed by atoms with Crippen molar-refractivity contribution in [2.75, 3.05) is 0 Å². The van der Waals surface area contributed by atoms with Crippen LogP contribution in [0.5, 0.6) is 0 Å². The lowest BCUT2D eigenvalue weighted by Crippen LogP contribution is -1.93. The first-order valence-corrected chi connectivity index (χ1v) is 16.7. The van der Waals surface area contributed by atoms with Gasteiger partial charge >= 0.3 is 0 Å². The van der Waals surface area contributed by atoms with E-state index >= 15 is 0 Å². The summed E-state index contributed by atoms with van der Waals surface area (Å²) in [5.41, 5.74) is 9.70. The molecular weight excluding hydrogens is 599 g/mol. The van der Waals surface area contributed by atoms with Gasteiger partial charge in [0.2, 0.25) is 0 Å². The molecule has 3 heteroatoms. The molecule has 0 aliphatic rings. The van der Waals surface area contributed by atoms with Crippen LogP contribution in [0.4, 0.5) is 0 Å². The Morgan fingerprint density at radius 2 is 0.918 bits per heavy atom. The first-order chi connectivity index (χ1) is 24.3. The molecule has 0 saturated carbocycles. The highest BCUT2D eigenvalue weighted by atomic mass is 16.3. The number of aromatic nitrogens is 1. The molecule has 0 spiro atoms. The second kappa shape index (κ2) is 9.96. The number of furan rings is 2. The Bertz CT molecular complexity index is 3050. The molecule has 0 N–H and O–H groups in total. The van der Waals surface area contributed by atoms with Gasteiger partial charge in [-0.2, -0.15) is 0 Å². The number of benzene rings is 8. The van der Waals surface area contributed by atoms with E-state index in [0.29, 0.717) is 0 Å². The van der Waals surface area contributed by atoms with Crippen molar-refractivity contribution in [2.45, 2.75) is 0 Å². The Balaban J connectivity index is 1.20. The van der Waals surface area contributed by atoms with Crippen LogP contribution in [0.2, 0.25) is 0 Å². The van der Waals surface area contributed by atoms with Crippen molar-refractivity contribution in [3.05, 3.63) is 164 Å². The Hall–Kier alpha value is -6.58. The van der Waals surface area contributed by atoms with Gasteiger partial charge in [-0.3, -0.25) is 0 Å². The number of hydrogen-bond acceptors (Lipinski definition) is 2. The summed E-state index contributed by atoms with van der Waals surface area (Å²) < 4.78 is 15.3. The maximum atomic E-state index is 6.75. The van der Waals surface area contributed by atoms with Crippen molar-refractivity contribution in [3.63, 3.8) is 0 Å². The van der Waals surface area contributed by atoms with E-state index in [1.807, 2.05) is 24.3 Å². The number of para-hydroxylation sites is 3. The SMILES string of the molecule is c1ccc(-n2c3ccccc3c3cc(-c4c5ccccc5c(-c5cc6c(ccc7oc8ccccc8c76)o5)c5ccccc45)ccc32)cc1. The van der Waals surface area contributed by atoms with E-state index in [4.69, 9.17) is 8.83 Å². The highest BCUT2D eigenvalue weighted by Crippen LogP contribution is 2.47. The van der Waals surface area contributed by atoms with Crippen LogP contribution in [0.3, 0.4) is 0 Å². The molecule has 0 aliphatic carbocycles. The van der Waals surface area contributed by atoms with Gasteiger partial charge in [-0.1, -0.05) is 109 Å². The van der Waals surface area contributed by atoms with Gasteiger partial charge < -0.3 is 13.4 Å². The number of rotatable bonds is 3. The lowest BCUT2D eigenvalue weighted by Gasteiger charge is -2.16.